The van der Waals surface area contributed by atoms with E-state index < -0.39 is 0 Å². The minimum Gasteiger partial charge on any atom is -0.456 e. The molecule has 0 aliphatic rings. The molecule has 0 saturated carbocycles. The Bertz CT molecular complexity index is 1070. The number of hydrogen-bond acceptors (Lipinski definition) is 5. The number of fused-ring (bicyclic) bond motifs is 1. The third-order valence-corrected chi connectivity index (χ3v) is 4.35. The SMILES string of the molecule is OCCn1ccc2ncnc(Nc3ccc(Oc4ccccc4)c(Cl)c3)c21. The summed E-state index contributed by atoms with van der Waals surface area (Å²) in [5.41, 5.74) is 2.40. The van der Waals surface area contributed by atoms with Crippen LogP contribution in [0, 0.1) is 0 Å². The third kappa shape index (κ3) is 3.72. The topological polar surface area (TPSA) is 72.2 Å². The minimum atomic E-state index is 0.0372. The van der Waals surface area contributed by atoms with E-state index in [4.69, 9.17) is 16.3 Å². The number of ether oxygens (including phenoxy) is 1. The molecule has 0 aliphatic carbocycles. The van der Waals surface area contributed by atoms with Crippen molar-refractivity contribution in [3.63, 3.8) is 0 Å². The number of aromatic nitrogens is 3. The molecule has 2 N–H and O–H groups in total. The number of benzene rings is 2. The number of halogens is 1. The second-order valence-electron chi connectivity index (χ2n) is 5.87. The lowest BCUT2D eigenvalue weighted by molar-refractivity contribution is 0.278. The van der Waals surface area contributed by atoms with Crippen LogP contribution in [0.3, 0.4) is 0 Å². The molecular formula is C20H17ClN4O2. The van der Waals surface area contributed by atoms with E-state index in [2.05, 4.69) is 15.3 Å². The molecule has 2 heterocycles. The molecule has 2 aromatic carbocycles. The van der Waals surface area contributed by atoms with E-state index in [1.54, 1.807) is 6.07 Å². The lowest BCUT2D eigenvalue weighted by atomic mass is 10.3. The fourth-order valence-corrected chi connectivity index (χ4v) is 3.05. The van der Waals surface area contributed by atoms with Gasteiger partial charge in [0.05, 0.1) is 17.1 Å². The fourth-order valence-electron chi connectivity index (χ4n) is 2.83. The van der Waals surface area contributed by atoms with Crippen LogP contribution in [-0.4, -0.2) is 26.2 Å². The van der Waals surface area contributed by atoms with Gasteiger partial charge in [-0.05, 0) is 36.4 Å². The van der Waals surface area contributed by atoms with Gasteiger partial charge in [0.1, 0.15) is 23.3 Å². The highest BCUT2D eigenvalue weighted by Gasteiger charge is 2.11. The normalized spacial score (nSPS) is 10.9. The Morgan fingerprint density at radius 1 is 1.07 bits per heavy atom. The quantitative estimate of drug-likeness (QED) is 0.511. The van der Waals surface area contributed by atoms with E-state index >= 15 is 0 Å². The summed E-state index contributed by atoms with van der Waals surface area (Å²) >= 11 is 6.39. The fraction of sp³-hybridized carbons (Fsp3) is 0.100. The highest BCUT2D eigenvalue weighted by Crippen LogP contribution is 2.33. The number of anilines is 2. The predicted octanol–water partition coefficient (Wildman–Crippen LogP) is 4.61. The van der Waals surface area contributed by atoms with E-state index in [1.165, 1.54) is 6.33 Å². The van der Waals surface area contributed by atoms with Crippen molar-refractivity contribution in [2.24, 2.45) is 0 Å². The Morgan fingerprint density at radius 2 is 1.93 bits per heavy atom. The zero-order chi connectivity index (χ0) is 18.6. The Morgan fingerprint density at radius 3 is 2.70 bits per heavy atom. The van der Waals surface area contributed by atoms with E-state index in [0.717, 1.165) is 22.5 Å². The maximum absolute atomic E-state index is 9.25. The lowest BCUT2D eigenvalue weighted by Crippen LogP contribution is -2.04. The number of nitrogens with one attached hydrogen (secondary N) is 1. The Kier molecular flexibility index (Phi) is 4.91. The number of para-hydroxylation sites is 1. The van der Waals surface area contributed by atoms with Gasteiger partial charge in [-0.3, -0.25) is 0 Å². The summed E-state index contributed by atoms with van der Waals surface area (Å²) < 4.78 is 7.71. The van der Waals surface area contributed by atoms with Gasteiger partial charge < -0.3 is 19.7 Å². The second kappa shape index (κ2) is 7.65. The molecular weight excluding hydrogens is 364 g/mol. The molecule has 0 bridgehead atoms. The van der Waals surface area contributed by atoms with Crippen molar-refractivity contribution in [2.75, 3.05) is 11.9 Å². The number of hydrogen-bond donors (Lipinski definition) is 2. The molecule has 0 atom stereocenters. The van der Waals surface area contributed by atoms with Crippen LogP contribution in [0.4, 0.5) is 11.5 Å². The van der Waals surface area contributed by atoms with Gasteiger partial charge in [-0.15, -0.1) is 0 Å². The smallest absolute Gasteiger partial charge is 0.158 e. The first-order chi connectivity index (χ1) is 13.2. The van der Waals surface area contributed by atoms with Gasteiger partial charge in [0, 0.05) is 18.4 Å². The summed E-state index contributed by atoms with van der Waals surface area (Å²) in [6.45, 7) is 0.506. The van der Waals surface area contributed by atoms with Crippen LogP contribution in [-0.2, 0) is 6.54 Å². The van der Waals surface area contributed by atoms with Crippen LogP contribution in [0.5, 0.6) is 11.5 Å². The van der Waals surface area contributed by atoms with E-state index in [1.807, 2.05) is 59.3 Å². The Hall–Kier alpha value is -3.09. The zero-order valence-electron chi connectivity index (χ0n) is 14.3. The molecule has 0 saturated heterocycles. The largest absolute Gasteiger partial charge is 0.456 e. The summed E-state index contributed by atoms with van der Waals surface area (Å²) in [6.07, 6.45) is 3.38. The van der Waals surface area contributed by atoms with Crippen LogP contribution in [0.25, 0.3) is 11.0 Å². The van der Waals surface area contributed by atoms with Crippen molar-refractivity contribution in [2.45, 2.75) is 6.54 Å². The molecule has 2 aromatic heterocycles. The van der Waals surface area contributed by atoms with E-state index in [-0.39, 0.29) is 6.61 Å². The molecule has 0 radical (unpaired) electrons. The van der Waals surface area contributed by atoms with Gasteiger partial charge >= 0.3 is 0 Å². The highest BCUT2D eigenvalue weighted by molar-refractivity contribution is 6.32. The molecule has 0 spiro atoms. The number of rotatable bonds is 6. The second-order valence-corrected chi connectivity index (χ2v) is 6.28. The summed E-state index contributed by atoms with van der Waals surface area (Å²) in [5.74, 6) is 1.94. The molecule has 4 aromatic rings. The molecule has 4 rings (SSSR count). The molecule has 27 heavy (non-hydrogen) atoms. The molecule has 0 aliphatic heterocycles. The van der Waals surface area contributed by atoms with Crippen LogP contribution in [0.2, 0.25) is 5.02 Å². The van der Waals surface area contributed by atoms with E-state index in [9.17, 15) is 5.11 Å². The molecule has 6 nitrogen and oxygen atoms in total. The van der Waals surface area contributed by atoms with Crippen molar-refractivity contribution in [3.05, 3.63) is 72.1 Å². The van der Waals surface area contributed by atoms with Gasteiger partial charge in [0.25, 0.3) is 0 Å². The van der Waals surface area contributed by atoms with Crippen LogP contribution < -0.4 is 10.1 Å². The summed E-state index contributed by atoms with van der Waals surface area (Å²) in [5, 5.41) is 13.0. The Balaban J connectivity index is 1.61. The maximum atomic E-state index is 9.25. The first-order valence-electron chi connectivity index (χ1n) is 8.45. The average Bonchev–Trinajstić information content (AvgIpc) is 3.09. The van der Waals surface area contributed by atoms with Gasteiger partial charge in [0.15, 0.2) is 5.82 Å². The minimum absolute atomic E-state index is 0.0372. The van der Waals surface area contributed by atoms with Crippen molar-refractivity contribution >= 4 is 34.1 Å². The van der Waals surface area contributed by atoms with Crippen molar-refractivity contribution in [1.82, 2.24) is 14.5 Å². The van der Waals surface area contributed by atoms with Crippen LogP contribution >= 0.6 is 11.6 Å². The average molecular weight is 381 g/mol. The number of aliphatic hydroxyl groups is 1. The molecule has 7 heteroatoms. The first-order valence-corrected chi connectivity index (χ1v) is 8.82. The molecule has 0 unspecified atom stereocenters. The number of aliphatic hydroxyl groups excluding tert-OH is 1. The van der Waals surface area contributed by atoms with Gasteiger partial charge in [-0.1, -0.05) is 29.8 Å². The highest BCUT2D eigenvalue weighted by atomic mass is 35.5. The van der Waals surface area contributed by atoms with Crippen LogP contribution in [0.1, 0.15) is 0 Å². The molecule has 0 fully saturated rings. The number of nitrogens with zero attached hydrogens (tertiary/aromatic N) is 3. The predicted molar refractivity (Wildman–Crippen MR) is 106 cm³/mol. The molecule has 0 amide bonds. The standard InChI is InChI=1S/C20H17ClN4O2/c21-16-12-14(6-7-18(16)27-15-4-2-1-3-5-15)24-20-19-17(22-13-23-20)8-9-25(19)10-11-26/h1-9,12-13,26H,10-11H2,(H,22,23,24). The lowest BCUT2D eigenvalue weighted by Gasteiger charge is -2.12. The third-order valence-electron chi connectivity index (χ3n) is 4.06. The van der Waals surface area contributed by atoms with Gasteiger partial charge in [-0.2, -0.15) is 0 Å². The summed E-state index contributed by atoms with van der Waals surface area (Å²) in [4.78, 5) is 8.60. The van der Waals surface area contributed by atoms with Crippen molar-refractivity contribution in [1.29, 1.82) is 0 Å². The van der Waals surface area contributed by atoms with Crippen molar-refractivity contribution in [3.8, 4) is 11.5 Å². The van der Waals surface area contributed by atoms with E-state index in [0.29, 0.717) is 23.1 Å². The first kappa shape index (κ1) is 17.3. The van der Waals surface area contributed by atoms with Gasteiger partial charge in [0.2, 0.25) is 0 Å². The monoisotopic (exact) mass is 380 g/mol. The summed E-state index contributed by atoms with van der Waals surface area (Å²) in [7, 11) is 0. The Labute approximate surface area is 161 Å². The van der Waals surface area contributed by atoms with Crippen LogP contribution in [0.15, 0.2) is 67.1 Å². The zero-order valence-corrected chi connectivity index (χ0v) is 15.1. The summed E-state index contributed by atoms with van der Waals surface area (Å²) in [6, 6.07) is 16.8. The maximum Gasteiger partial charge on any atom is 0.158 e. The molecule has 136 valence electrons. The van der Waals surface area contributed by atoms with Gasteiger partial charge in [-0.25, -0.2) is 9.97 Å². The van der Waals surface area contributed by atoms with Crippen molar-refractivity contribution < 1.29 is 9.84 Å².